The smallest absolute Gasteiger partial charge is 0.263 e. The molecule has 8 nitrogen and oxygen atoms in total. The molecule has 8 heteroatoms. The van der Waals surface area contributed by atoms with Crippen LogP contribution in [0.25, 0.3) is 11.4 Å². The molecule has 0 spiro atoms. The normalized spacial score (nSPS) is 15.8. The summed E-state index contributed by atoms with van der Waals surface area (Å²) in [6.45, 7) is 1.10. The number of pyridine rings is 1. The van der Waals surface area contributed by atoms with E-state index in [1.807, 2.05) is 12.1 Å². The van der Waals surface area contributed by atoms with E-state index in [2.05, 4.69) is 15.0 Å². The molecule has 1 atom stereocenters. The van der Waals surface area contributed by atoms with Gasteiger partial charge in [0.25, 0.3) is 5.88 Å². The van der Waals surface area contributed by atoms with Gasteiger partial charge >= 0.3 is 0 Å². The fraction of sp³-hybridized carbons (Fsp3) is 0.286. The molecule has 0 bridgehead atoms. The Labute approximate surface area is 168 Å². The third-order valence-electron chi connectivity index (χ3n) is 4.51. The Kier molecular flexibility index (Phi) is 5.71. The van der Waals surface area contributed by atoms with Crippen LogP contribution in [-0.4, -0.2) is 41.4 Å². The van der Waals surface area contributed by atoms with Gasteiger partial charge in [-0.25, -0.2) is 4.98 Å². The number of rotatable bonds is 7. The van der Waals surface area contributed by atoms with Gasteiger partial charge in [0.15, 0.2) is 23.1 Å². The molecule has 1 saturated heterocycles. The summed E-state index contributed by atoms with van der Waals surface area (Å²) in [5.41, 5.74) is 7.01. The van der Waals surface area contributed by atoms with Gasteiger partial charge in [-0.2, -0.15) is 4.98 Å². The van der Waals surface area contributed by atoms with Gasteiger partial charge in [0, 0.05) is 24.6 Å². The van der Waals surface area contributed by atoms with E-state index in [1.54, 1.807) is 43.8 Å². The van der Waals surface area contributed by atoms with Crippen molar-refractivity contribution < 1.29 is 18.9 Å². The summed E-state index contributed by atoms with van der Waals surface area (Å²) in [7, 11) is 1.57. The van der Waals surface area contributed by atoms with Crippen LogP contribution in [0, 0.1) is 0 Å². The number of anilines is 1. The van der Waals surface area contributed by atoms with Crippen molar-refractivity contribution in [3.63, 3.8) is 0 Å². The van der Waals surface area contributed by atoms with Crippen molar-refractivity contribution >= 4 is 5.82 Å². The molecule has 4 rings (SSSR count). The molecule has 1 unspecified atom stereocenters. The van der Waals surface area contributed by atoms with Gasteiger partial charge in [0.05, 0.1) is 13.2 Å². The van der Waals surface area contributed by atoms with Crippen molar-refractivity contribution in [2.75, 3.05) is 26.1 Å². The van der Waals surface area contributed by atoms with Crippen molar-refractivity contribution in [1.82, 2.24) is 15.0 Å². The molecule has 3 heterocycles. The first-order valence-electron chi connectivity index (χ1n) is 9.38. The first kappa shape index (κ1) is 18.9. The molecule has 3 aromatic rings. The monoisotopic (exact) mass is 394 g/mol. The third-order valence-corrected chi connectivity index (χ3v) is 4.51. The molecule has 1 aliphatic rings. The minimum absolute atomic E-state index is 0.0228. The highest BCUT2D eigenvalue weighted by atomic mass is 16.6. The molecule has 2 aromatic heterocycles. The van der Waals surface area contributed by atoms with E-state index in [9.17, 15) is 0 Å². The summed E-state index contributed by atoms with van der Waals surface area (Å²) in [6.07, 6.45) is 5.32. The highest BCUT2D eigenvalue weighted by molar-refractivity contribution is 5.63. The molecular weight excluding hydrogens is 372 g/mol. The lowest BCUT2D eigenvalue weighted by molar-refractivity contribution is 0.0654. The number of hydrogen-bond donors (Lipinski definition) is 1. The Morgan fingerprint density at radius 1 is 1.10 bits per heavy atom. The maximum Gasteiger partial charge on any atom is 0.263 e. The van der Waals surface area contributed by atoms with Crippen LogP contribution in [0.5, 0.6) is 23.1 Å². The number of nitrogens with two attached hydrogens (primary N) is 1. The molecule has 1 aliphatic heterocycles. The van der Waals surface area contributed by atoms with E-state index in [4.69, 9.17) is 24.7 Å². The molecule has 150 valence electrons. The van der Waals surface area contributed by atoms with E-state index < -0.39 is 0 Å². The van der Waals surface area contributed by atoms with Gasteiger partial charge < -0.3 is 24.7 Å². The van der Waals surface area contributed by atoms with E-state index >= 15 is 0 Å². The Morgan fingerprint density at radius 2 is 1.90 bits per heavy atom. The summed E-state index contributed by atoms with van der Waals surface area (Å²) in [4.78, 5) is 13.0. The summed E-state index contributed by atoms with van der Waals surface area (Å²) in [6, 6.07) is 10.9. The fourth-order valence-corrected chi connectivity index (χ4v) is 3.03. The van der Waals surface area contributed by atoms with Gasteiger partial charge in [-0.1, -0.05) is 12.1 Å². The van der Waals surface area contributed by atoms with Crippen molar-refractivity contribution in [1.29, 1.82) is 0 Å². The lowest BCUT2D eigenvalue weighted by atomic mass is 10.2. The quantitative estimate of drug-likeness (QED) is 0.650. The van der Waals surface area contributed by atoms with Gasteiger partial charge in [0.2, 0.25) is 5.75 Å². The van der Waals surface area contributed by atoms with Crippen molar-refractivity contribution in [2.45, 2.75) is 18.9 Å². The topological polar surface area (TPSA) is 102 Å². The van der Waals surface area contributed by atoms with Crippen molar-refractivity contribution in [2.24, 2.45) is 0 Å². The van der Waals surface area contributed by atoms with Crippen LogP contribution in [0.2, 0.25) is 0 Å². The van der Waals surface area contributed by atoms with E-state index in [0.29, 0.717) is 23.9 Å². The lowest BCUT2D eigenvalue weighted by Crippen LogP contribution is -2.17. The van der Waals surface area contributed by atoms with Gasteiger partial charge in [-0.15, -0.1) is 0 Å². The van der Waals surface area contributed by atoms with Crippen molar-refractivity contribution in [3.8, 4) is 34.5 Å². The second-order valence-electron chi connectivity index (χ2n) is 6.50. The molecule has 2 N–H and O–H groups in total. The first-order chi connectivity index (χ1) is 14.2. The summed E-state index contributed by atoms with van der Waals surface area (Å²) in [5.74, 6) is 2.15. The summed E-state index contributed by atoms with van der Waals surface area (Å²) < 4.78 is 23.0. The Bertz CT molecular complexity index is 962. The zero-order chi connectivity index (χ0) is 20.1. The van der Waals surface area contributed by atoms with Gasteiger partial charge in [-0.05, 0) is 37.1 Å². The molecule has 29 heavy (non-hydrogen) atoms. The molecule has 0 radical (unpaired) electrons. The number of methoxy groups -OCH3 is 1. The Morgan fingerprint density at radius 3 is 2.62 bits per heavy atom. The van der Waals surface area contributed by atoms with Crippen molar-refractivity contribution in [3.05, 3.63) is 48.8 Å². The number of nitrogens with zero attached hydrogens (tertiary/aromatic N) is 3. The van der Waals surface area contributed by atoms with Crippen LogP contribution >= 0.6 is 0 Å². The maximum absolute atomic E-state index is 6.24. The minimum Gasteiger partial charge on any atom is -0.493 e. The largest absolute Gasteiger partial charge is 0.493 e. The van der Waals surface area contributed by atoms with Crippen LogP contribution in [-0.2, 0) is 4.74 Å². The van der Waals surface area contributed by atoms with Crippen LogP contribution in [0.15, 0.2) is 48.8 Å². The number of aromatic nitrogens is 3. The molecule has 0 amide bonds. The SMILES string of the molecule is COc1ccccc1Oc1c(N)nc(-c2ccncc2)nc1OCC1CCCO1. The lowest BCUT2D eigenvalue weighted by Gasteiger charge is -2.17. The predicted molar refractivity (Wildman–Crippen MR) is 107 cm³/mol. The maximum atomic E-state index is 6.24. The van der Waals surface area contributed by atoms with E-state index in [1.165, 1.54) is 0 Å². The summed E-state index contributed by atoms with van der Waals surface area (Å²) in [5, 5.41) is 0. The second-order valence-corrected chi connectivity index (χ2v) is 6.50. The van der Waals surface area contributed by atoms with Crippen LogP contribution in [0.1, 0.15) is 12.8 Å². The third kappa shape index (κ3) is 4.38. The highest BCUT2D eigenvalue weighted by Crippen LogP contribution is 2.39. The number of para-hydroxylation sites is 2. The number of nitrogen functional groups attached to an aromatic ring is 1. The van der Waals surface area contributed by atoms with Crippen LogP contribution in [0.3, 0.4) is 0 Å². The standard InChI is InChI=1S/C21H22N4O4/c1-26-16-6-2-3-7-17(16)29-18-19(22)24-20(14-8-10-23-11-9-14)25-21(18)28-13-15-5-4-12-27-15/h2-3,6-11,15H,4-5,12-13H2,1H3,(H2,22,24,25). The molecular formula is C21H22N4O4. The second kappa shape index (κ2) is 8.74. The first-order valence-corrected chi connectivity index (χ1v) is 9.38. The van der Waals surface area contributed by atoms with Gasteiger partial charge in [0.1, 0.15) is 6.61 Å². The van der Waals surface area contributed by atoms with E-state index in [-0.39, 0.29) is 23.6 Å². The zero-order valence-electron chi connectivity index (χ0n) is 16.1. The number of benzene rings is 1. The average molecular weight is 394 g/mol. The molecule has 1 fully saturated rings. The highest BCUT2D eigenvalue weighted by Gasteiger charge is 2.22. The average Bonchev–Trinajstić information content (AvgIpc) is 3.28. The van der Waals surface area contributed by atoms with Crippen LogP contribution in [0.4, 0.5) is 5.82 Å². The fourth-order valence-electron chi connectivity index (χ4n) is 3.03. The predicted octanol–water partition coefficient (Wildman–Crippen LogP) is 3.48. The molecule has 0 aliphatic carbocycles. The zero-order valence-corrected chi connectivity index (χ0v) is 16.1. The van der Waals surface area contributed by atoms with Gasteiger partial charge in [-0.3, -0.25) is 4.98 Å². The van der Waals surface area contributed by atoms with Crippen LogP contribution < -0.4 is 19.9 Å². The molecule has 1 aromatic carbocycles. The number of ether oxygens (including phenoxy) is 4. The number of hydrogen-bond acceptors (Lipinski definition) is 8. The minimum atomic E-state index is 0.0228. The Balaban J connectivity index is 1.69. The summed E-state index contributed by atoms with van der Waals surface area (Å²) >= 11 is 0. The Hall–Kier alpha value is -3.39. The molecule has 0 saturated carbocycles. The van der Waals surface area contributed by atoms with E-state index in [0.717, 1.165) is 25.0 Å².